The van der Waals surface area contributed by atoms with E-state index in [1.54, 1.807) is 18.2 Å². The third-order valence-corrected chi connectivity index (χ3v) is 3.14. The molecule has 1 unspecified atom stereocenters. The van der Waals surface area contributed by atoms with Crippen LogP contribution in [-0.4, -0.2) is 5.11 Å². The Bertz CT molecular complexity index is 534. The molecular weight excluding hydrogens is 215 g/mol. The molecule has 0 amide bonds. The van der Waals surface area contributed by atoms with Crippen LogP contribution in [0.5, 0.6) is 0 Å². The molecular formula is C15H15FO. The molecule has 0 aliphatic heterocycles. The van der Waals surface area contributed by atoms with Crippen LogP contribution >= 0.6 is 0 Å². The Hall–Kier alpha value is -1.67. The summed E-state index contributed by atoms with van der Waals surface area (Å²) in [7, 11) is 0. The Balaban J connectivity index is 2.48. The van der Waals surface area contributed by atoms with Gasteiger partial charge in [-0.2, -0.15) is 0 Å². The SMILES string of the molecule is Cc1cccc(C(O)c2ccccc2F)c1C. The van der Waals surface area contributed by atoms with Crippen molar-refractivity contribution in [3.63, 3.8) is 0 Å². The lowest BCUT2D eigenvalue weighted by atomic mass is 9.94. The number of benzene rings is 2. The molecule has 0 saturated carbocycles. The van der Waals surface area contributed by atoms with Crippen molar-refractivity contribution in [2.45, 2.75) is 20.0 Å². The molecule has 2 rings (SSSR count). The summed E-state index contributed by atoms with van der Waals surface area (Å²) in [6.45, 7) is 3.92. The fraction of sp³-hybridized carbons (Fsp3) is 0.200. The highest BCUT2D eigenvalue weighted by Crippen LogP contribution is 2.27. The molecule has 2 heteroatoms. The van der Waals surface area contributed by atoms with Gasteiger partial charge in [-0.1, -0.05) is 36.4 Å². The van der Waals surface area contributed by atoms with Gasteiger partial charge in [0.25, 0.3) is 0 Å². The minimum Gasteiger partial charge on any atom is -0.384 e. The molecule has 0 heterocycles. The number of hydrogen-bond donors (Lipinski definition) is 1. The van der Waals surface area contributed by atoms with Crippen LogP contribution in [0.25, 0.3) is 0 Å². The quantitative estimate of drug-likeness (QED) is 0.836. The summed E-state index contributed by atoms with van der Waals surface area (Å²) < 4.78 is 13.6. The summed E-state index contributed by atoms with van der Waals surface area (Å²) in [4.78, 5) is 0. The summed E-state index contributed by atoms with van der Waals surface area (Å²) >= 11 is 0. The second kappa shape index (κ2) is 4.68. The first-order chi connectivity index (χ1) is 8.11. The Morgan fingerprint density at radius 3 is 2.29 bits per heavy atom. The summed E-state index contributed by atoms with van der Waals surface area (Å²) in [6, 6.07) is 12.0. The van der Waals surface area contributed by atoms with Crippen molar-refractivity contribution in [2.75, 3.05) is 0 Å². The van der Waals surface area contributed by atoms with Gasteiger partial charge in [0.15, 0.2) is 0 Å². The monoisotopic (exact) mass is 230 g/mol. The van der Waals surface area contributed by atoms with E-state index in [-0.39, 0.29) is 5.82 Å². The van der Waals surface area contributed by atoms with Gasteiger partial charge in [0.1, 0.15) is 11.9 Å². The van der Waals surface area contributed by atoms with Crippen molar-refractivity contribution < 1.29 is 9.50 Å². The number of halogens is 1. The van der Waals surface area contributed by atoms with E-state index >= 15 is 0 Å². The molecule has 0 saturated heterocycles. The van der Waals surface area contributed by atoms with Crippen molar-refractivity contribution in [1.29, 1.82) is 0 Å². The Labute approximate surface area is 101 Å². The van der Waals surface area contributed by atoms with E-state index in [0.29, 0.717) is 5.56 Å². The average Bonchev–Trinajstić information content (AvgIpc) is 2.32. The highest BCUT2D eigenvalue weighted by Gasteiger charge is 2.16. The number of aliphatic hydroxyl groups is 1. The smallest absolute Gasteiger partial charge is 0.129 e. The summed E-state index contributed by atoms with van der Waals surface area (Å²) in [5, 5.41) is 10.2. The zero-order valence-corrected chi connectivity index (χ0v) is 9.94. The maximum Gasteiger partial charge on any atom is 0.129 e. The summed E-state index contributed by atoms with van der Waals surface area (Å²) in [6.07, 6.45) is -0.906. The van der Waals surface area contributed by atoms with Crippen LogP contribution in [0.4, 0.5) is 4.39 Å². The summed E-state index contributed by atoms with van der Waals surface area (Å²) in [5.74, 6) is -0.374. The van der Waals surface area contributed by atoms with Crippen molar-refractivity contribution in [1.82, 2.24) is 0 Å². The molecule has 2 aromatic rings. The van der Waals surface area contributed by atoms with E-state index < -0.39 is 6.10 Å². The van der Waals surface area contributed by atoms with E-state index in [9.17, 15) is 9.50 Å². The molecule has 0 aliphatic carbocycles. The maximum atomic E-state index is 13.6. The lowest BCUT2D eigenvalue weighted by Gasteiger charge is -2.16. The highest BCUT2D eigenvalue weighted by atomic mass is 19.1. The second-order valence-corrected chi connectivity index (χ2v) is 4.21. The van der Waals surface area contributed by atoms with Gasteiger partial charge in [0, 0.05) is 5.56 Å². The van der Waals surface area contributed by atoms with Crippen LogP contribution in [0.2, 0.25) is 0 Å². The Morgan fingerprint density at radius 2 is 1.59 bits per heavy atom. The zero-order valence-electron chi connectivity index (χ0n) is 9.94. The van der Waals surface area contributed by atoms with Gasteiger partial charge in [0.05, 0.1) is 0 Å². The standard InChI is InChI=1S/C15H15FO/c1-10-6-5-8-12(11(10)2)15(17)13-7-3-4-9-14(13)16/h3-9,15,17H,1-2H3. The van der Waals surface area contributed by atoms with Crippen LogP contribution in [0.1, 0.15) is 28.4 Å². The van der Waals surface area contributed by atoms with Gasteiger partial charge in [0.2, 0.25) is 0 Å². The largest absolute Gasteiger partial charge is 0.384 e. The van der Waals surface area contributed by atoms with E-state index in [4.69, 9.17) is 0 Å². The molecule has 2 aromatic carbocycles. The van der Waals surface area contributed by atoms with Gasteiger partial charge in [-0.25, -0.2) is 4.39 Å². The number of rotatable bonds is 2. The first kappa shape index (κ1) is 11.8. The van der Waals surface area contributed by atoms with Crippen LogP contribution in [-0.2, 0) is 0 Å². The van der Waals surface area contributed by atoms with E-state index in [1.807, 2.05) is 32.0 Å². The average molecular weight is 230 g/mol. The van der Waals surface area contributed by atoms with E-state index in [0.717, 1.165) is 16.7 Å². The molecule has 0 bridgehead atoms. The summed E-state index contributed by atoms with van der Waals surface area (Å²) in [5.41, 5.74) is 3.18. The minimum absolute atomic E-state index is 0.321. The fourth-order valence-electron chi connectivity index (χ4n) is 1.93. The third kappa shape index (κ3) is 2.22. The second-order valence-electron chi connectivity index (χ2n) is 4.21. The van der Waals surface area contributed by atoms with Gasteiger partial charge in [-0.05, 0) is 36.6 Å². The van der Waals surface area contributed by atoms with Crippen molar-refractivity contribution in [3.8, 4) is 0 Å². The van der Waals surface area contributed by atoms with Gasteiger partial charge < -0.3 is 5.11 Å². The predicted octanol–water partition coefficient (Wildman–Crippen LogP) is 3.52. The molecule has 0 fully saturated rings. The molecule has 88 valence electrons. The maximum absolute atomic E-state index is 13.6. The lowest BCUT2D eigenvalue weighted by molar-refractivity contribution is 0.214. The molecule has 1 N–H and O–H groups in total. The predicted molar refractivity (Wildman–Crippen MR) is 66.4 cm³/mol. The molecule has 1 atom stereocenters. The third-order valence-electron chi connectivity index (χ3n) is 3.14. The van der Waals surface area contributed by atoms with Crippen LogP contribution in [0.15, 0.2) is 42.5 Å². The first-order valence-corrected chi connectivity index (χ1v) is 5.60. The molecule has 1 nitrogen and oxygen atoms in total. The Morgan fingerprint density at radius 1 is 0.941 bits per heavy atom. The lowest BCUT2D eigenvalue weighted by Crippen LogP contribution is -2.05. The topological polar surface area (TPSA) is 20.2 Å². The van der Waals surface area contributed by atoms with Crippen molar-refractivity contribution >= 4 is 0 Å². The molecule has 17 heavy (non-hydrogen) atoms. The first-order valence-electron chi connectivity index (χ1n) is 5.60. The number of hydrogen-bond acceptors (Lipinski definition) is 1. The van der Waals surface area contributed by atoms with Gasteiger partial charge >= 0.3 is 0 Å². The molecule has 0 aliphatic rings. The van der Waals surface area contributed by atoms with Crippen LogP contribution < -0.4 is 0 Å². The van der Waals surface area contributed by atoms with Crippen molar-refractivity contribution in [2.24, 2.45) is 0 Å². The normalized spacial score (nSPS) is 12.5. The van der Waals surface area contributed by atoms with Crippen LogP contribution in [0, 0.1) is 19.7 Å². The minimum atomic E-state index is -0.906. The molecule has 0 spiro atoms. The molecule has 0 aromatic heterocycles. The van der Waals surface area contributed by atoms with Crippen LogP contribution in [0.3, 0.4) is 0 Å². The van der Waals surface area contributed by atoms with Crippen molar-refractivity contribution in [3.05, 3.63) is 70.5 Å². The fourth-order valence-corrected chi connectivity index (χ4v) is 1.93. The number of aryl methyl sites for hydroxylation is 1. The van der Waals surface area contributed by atoms with Gasteiger partial charge in [-0.3, -0.25) is 0 Å². The van der Waals surface area contributed by atoms with E-state index in [1.165, 1.54) is 6.07 Å². The Kier molecular flexibility index (Phi) is 3.25. The van der Waals surface area contributed by atoms with E-state index in [2.05, 4.69) is 0 Å². The highest BCUT2D eigenvalue weighted by molar-refractivity contribution is 5.39. The zero-order chi connectivity index (χ0) is 12.4. The number of aliphatic hydroxyl groups excluding tert-OH is 1. The molecule has 0 radical (unpaired) electrons. The van der Waals surface area contributed by atoms with Gasteiger partial charge in [-0.15, -0.1) is 0 Å².